The van der Waals surface area contributed by atoms with Gasteiger partial charge in [-0.05, 0) is 57.1 Å². The van der Waals surface area contributed by atoms with Gasteiger partial charge < -0.3 is 10.2 Å². The minimum atomic E-state index is -4.02. The number of fused-ring (bicyclic) bond motifs is 1. The van der Waals surface area contributed by atoms with Crippen molar-refractivity contribution in [3.63, 3.8) is 0 Å². The number of nitrogens with zero attached hydrogens (tertiary/aromatic N) is 2. The Morgan fingerprint density at radius 2 is 1.93 bits per heavy atom. The quantitative estimate of drug-likeness (QED) is 0.731. The summed E-state index contributed by atoms with van der Waals surface area (Å²) in [7, 11) is -4.02. The van der Waals surface area contributed by atoms with Crippen LogP contribution in [0.5, 0.6) is 0 Å². The Morgan fingerprint density at radius 1 is 1.21 bits per heavy atom. The van der Waals surface area contributed by atoms with Crippen molar-refractivity contribution in [3.05, 3.63) is 29.8 Å². The molecule has 1 aromatic rings. The van der Waals surface area contributed by atoms with Crippen LogP contribution in [-0.4, -0.2) is 48.4 Å². The zero-order chi connectivity index (χ0) is 20.3. The largest absolute Gasteiger partial charge is 0.325 e. The highest BCUT2D eigenvalue weighted by molar-refractivity contribution is 7.85. The van der Waals surface area contributed by atoms with E-state index in [2.05, 4.69) is 11.4 Å². The third-order valence-electron chi connectivity index (χ3n) is 5.91. The molecule has 4 atom stereocenters. The Hall–Kier alpha value is -1.95. The van der Waals surface area contributed by atoms with Gasteiger partial charge in [0.05, 0.1) is 17.0 Å². The van der Waals surface area contributed by atoms with Gasteiger partial charge in [0.1, 0.15) is 6.04 Å². The highest BCUT2D eigenvalue weighted by Crippen LogP contribution is 2.35. The number of benzene rings is 1. The molecular weight excluding hydrogens is 378 g/mol. The van der Waals surface area contributed by atoms with Crippen molar-refractivity contribution in [1.82, 2.24) is 10.2 Å². The molecule has 1 amide bonds. The first-order chi connectivity index (χ1) is 13.3. The average molecular weight is 406 g/mol. The molecule has 4 rings (SSSR count). The topological polar surface area (TPSA) is 110 Å². The lowest BCUT2D eigenvalue weighted by Gasteiger charge is -2.23. The smallest absolute Gasteiger partial charge is 0.294 e. The Labute approximate surface area is 166 Å². The lowest BCUT2D eigenvalue weighted by Crippen LogP contribution is -2.46. The van der Waals surface area contributed by atoms with Crippen LogP contribution < -0.4 is 5.32 Å². The maximum absolute atomic E-state index is 12.4. The van der Waals surface area contributed by atoms with Crippen LogP contribution in [0.25, 0.3) is 0 Å². The number of carbonyl (C=O) groups is 1. The number of rotatable bonds is 2. The number of hydrogen-bond acceptors (Lipinski definition) is 5. The van der Waals surface area contributed by atoms with E-state index >= 15 is 0 Å². The highest BCUT2D eigenvalue weighted by Gasteiger charge is 2.42. The fraction of sp³-hybridized carbons (Fsp3) is 0.600. The summed E-state index contributed by atoms with van der Waals surface area (Å²) < 4.78 is 29.6. The number of likely N-dealkylation sites (tertiary alicyclic amines) is 1. The molecule has 1 saturated carbocycles. The number of aryl methyl sites for hydroxylation is 1. The summed E-state index contributed by atoms with van der Waals surface area (Å²) in [4.78, 5) is 14.1. The fourth-order valence-electron chi connectivity index (χ4n) is 4.41. The first kappa shape index (κ1) is 20.8. The summed E-state index contributed by atoms with van der Waals surface area (Å²) in [6, 6.07) is 8.61. The van der Waals surface area contributed by atoms with Crippen molar-refractivity contribution >= 4 is 16.0 Å². The summed E-state index contributed by atoms with van der Waals surface area (Å²) in [6.07, 6.45) is 6.59. The van der Waals surface area contributed by atoms with Crippen molar-refractivity contribution in [3.8, 4) is 6.07 Å². The van der Waals surface area contributed by atoms with Gasteiger partial charge in [0.15, 0.2) is 0 Å². The maximum atomic E-state index is 12.4. The second-order valence-corrected chi connectivity index (χ2v) is 9.28. The fourth-order valence-corrected chi connectivity index (χ4v) is 4.89. The van der Waals surface area contributed by atoms with Crippen LogP contribution in [0.2, 0.25) is 0 Å². The van der Waals surface area contributed by atoms with Crippen LogP contribution in [-0.2, 0) is 14.9 Å². The molecule has 1 aliphatic carbocycles. The van der Waals surface area contributed by atoms with Gasteiger partial charge in [-0.1, -0.05) is 24.1 Å². The molecule has 0 bridgehead atoms. The van der Waals surface area contributed by atoms with Gasteiger partial charge in [-0.15, -0.1) is 0 Å². The van der Waals surface area contributed by atoms with E-state index in [0.717, 1.165) is 31.4 Å². The lowest BCUT2D eigenvalue weighted by atomic mass is 10.0. The van der Waals surface area contributed by atoms with E-state index in [0.29, 0.717) is 12.0 Å². The van der Waals surface area contributed by atoms with Crippen molar-refractivity contribution in [2.75, 3.05) is 6.54 Å². The van der Waals surface area contributed by atoms with Gasteiger partial charge in [-0.2, -0.15) is 13.7 Å². The van der Waals surface area contributed by atoms with E-state index in [1.165, 1.54) is 31.4 Å². The molecule has 7 nitrogen and oxygen atoms in total. The Bertz CT molecular complexity index is 835. The molecule has 3 unspecified atom stereocenters. The molecule has 2 aliphatic heterocycles. The predicted octanol–water partition coefficient (Wildman–Crippen LogP) is 2.27. The monoisotopic (exact) mass is 405 g/mol. The van der Waals surface area contributed by atoms with Gasteiger partial charge in [0.25, 0.3) is 10.1 Å². The molecule has 2 N–H and O–H groups in total. The molecule has 8 heteroatoms. The van der Waals surface area contributed by atoms with E-state index in [-0.39, 0.29) is 22.9 Å². The molecule has 152 valence electrons. The maximum Gasteiger partial charge on any atom is 0.294 e. The molecule has 0 radical (unpaired) electrons. The number of amides is 1. The van der Waals surface area contributed by atoms with Crippen molar-refractivity contribution in [2.45, 2.75) is 68.5 Å². The Balaban J connectivity index is 0.000000178. The van der Waals surface area contributed by atoms with E-state index in [9.17, 15) is 13.2 Å². The molecule has 0 spiro atoms. The zero-order valence-electron chi connectivity index (χ0n) is 16.0. The first-order valence-corrected chi connectivity index (χ1v) is 11.2. The number of carbonyl (C=O) groups excluding carboxylic acids is 1. The number of hydrogen-bond donors (Lipinski definition) is 2. The zero-order valence-corrected chi connectivity index (χ0v) is 16.9. The third-order valence-corrected chi connectivity index (χ3v) is 6.78. The Kier molecular flexibility index (Phi) is 6.38. The molecule has 3 aliphatic rings. The van der Waals surface area contributed by atoms with Crippen LogP contribution >= 0.6 is 0 Å². The van der Waals surface area contributed by atoms with E-state index in [4.69, 9.17) is 9.81 Å². The van der Waals surface area contributed by atoms with Crippen LogP contribution in [0.15, 0.2) is 29.2 Å². The summed E-state index contributed by atoms with van der Waals surface area (Å²) >= 11 is 0. The molecule has 28 heavy (non-hydrogen) atoms. The number of nitriles is 1. The average Bonchev–Trinajstić information content (AvgIpc) is 3.36. The molecule has 2 heterocycles. The first-order valence-electron chi connectivity index (χ1n) is 9.80. The van der Waals surface area contributed by atoms with E-state index < -0.39 is 10.1 Å². The number of nitrogens with one attached hydrogen (secondary N) is 1. The van der Waals surface area contributed by atoms with Gasteiger partial charge >= 0.3 is 0 Å². The van der Waals surface area contributed by atoms with Crippen molar-refractivity contribution in [2.24, 2.45) is 5.92 Å². The van der Waals surface area contributed by atoms with Crippen LogP contribution in [0.4, 0.5) is 0 Å². The standard InChI is InChI=1S/C13H19N3O.C7H8O3S/c14-8-10-4-2-6-16(10)13(17)12-7-9-3-1-5-11(9)15-12;1-6-2-4-7(5-3-6)11(8,9)10/h9-12,15H,1-7H2;2-5H,1H3,(H,8,9,10)/t9?,10-,11?,12?;/m0./s1. The minimum absolute atomic E-state index is 0.0146. The van der Waals surface area contributed by atoms with E-state index in [1.54, 1.807) is 17.0 Å². The molecule has 3 fully saturated rings. The second kappa shape index (κ2) is 8.60. The second-order valence-electron chi connectivity index (χ2n) is 7.86. The lowest BCUT2D eigenvalue weighted by molar-refractivity contribution is -0.133. The third kappa shape index (κ3) is 4.72. The summed E-state index contributed by atoms with van der Waals surface area (Å²) in [5, 5.41) is 12.5. The minimum Gasteiger partial charge on any atom is -0.325 e. The van der Waals surface area contributed by atoms with Crippen molar-refractivity contribution in [1.29, 1.82) is 5.26 Å². The van der Waals surface area contributed by atoms with Crippen LogP contribution in [0.3, 0.4) is 0 Å². The van der Waals surface area contributed by atoms with Gasteiger partial charge in [-0.3, -0.25) is 9.35 Å². The van der Waals surface area contributed by atoms with Crippen LogP contribution in [0, 0.1) is 24.2 Å². The van der Waals surface area contributed by atoms with Crippen LogP contribution in [0.1, 0.15) is 44.1 Å². The molecule has 1 aromatic carbocycles. The summed E-state index contributed by atoms with van der Waals surface area (Å²) in [6.45, 7) is 2.61. The van der Waals surface area contributed by atoms with E-state index in [1.807, 2.05) is 6.92 Å². The molecular formula is C20H27N3O4S. The van der Waals surface area contributed by atoms with Gasteiger partial charge in [0, 0.05) is 12.6 Å². The van der Waals surface area contributed by atoms with Crippen molar-refractivity contribution < 1.29 is 17.8 Å². The van der Waals surface area contributed by atoms with Gasteiger partial charge in [0.2, 0.25) is 5.91 Å². The van der Waals surface area contributed by atoms with Gasteiger partial charge in [-0.25, -0.2) is 0 Å². The summed E-state index contributed by atoms with van der Waals surface area (Å²) in [5.41, 5.74) is 0.956. The predicted molar refractivity (Wildman–Crippen MR) is 104 cm³/mol. The molecule has 2 saturated heterocycles. The SMILES string of the molecule is Cc1ccc(S(=O)(=O)O)cc1.N#C[C@@H]1CCCN1C(=O)C1CC2CCCC2N1. The molecule has 0 aromatic heterocycles. The summed E-state index contributed by atoms with van der Waals surface area (Å²) in [5.74, 6) is 0.871. The normalized spacial score (nSPS) is 29.0. The Morgan fingerprint density at radius 3 is 2.54 bits per heavy atom. The highest BCUT2D eigenvalue weighted by atomic mass is 32.2.